The van der Waals surface area contributed by atoms with Crippen LogP contribution in [-0.4, -0.2) is 19.7 Å². The number of amides is 2. The van der Waals surface area contributed by atoms with Crippen molar-refractivity contribution in [2.45, 2.75) is 19.2 Å². The fourth-order valence-corrected chi connectivity index (χ4v) is 2.40. The predicted molar refractivity (Wildman–Crippen MR) is 89.4 cm³/mol. The van der Waals surface area contributed by atoms with Crippen molar-refractivity contribution in [1.82, 2.24) is 5.32 Å². The van der Waals surface area contributed by atoms with Gasteiger partial charge in [0.1, 0.15) is 0 Å². The molecular formula is C18H19F3N2O2. The molecule has 4 nitrogen and oxygen atoms in total. The first-order valence-corrected chi connectivity index (χ1v) is 7.61. The number of ether oxygens (including phenoxy) is 1. The van der Waals surface area contributed by atoms with Crippen molar-refractivity contribution in [3.63, 3.8) is 0 Å². The molecule has 0 aromatic heterocycles. The number of carbonyl (C=O) groups is 1. The molecule has 0 radical (unpaired) electrons. The summed E-state index contributed by atoms with van der Waals surface area (Å²) in [6.07, 6.45) is -4.81. The van der Waals surface area contributed by atoms with Crippen LogP contribution in [0.1, 0.15) is 22.8 Å². The second kappa shape index (κ2) is 8.02. The van der Waals surface area contributed by atoms with Crippen LogP contribution in [0, 0.1) is 6.92 Å². The second-order valence-corrected chi connectivity index (χ2v) is 5.49. The summed E-state index contributed by atoms with van der Waals surface area (Å²) in [5, 5.41) is 5.00. The maximum absolute atomic E-state index is 12.7. The highest BCUT2D eigenvalue weighted by Crippen LogP contribution is 2.30. The Bertz CT molecular complexity index is 732. The zero-order valence-electron chi connectivity index (χ0n) is 13.9. The third-order valence-corrected chi connectivity index (χ3v) is 3.72. The minimum absolute atomic E-state index is 0.0668. The fraction of sp³-hybridized carbons (Fsp3) is 0.278. The number of carbonyl (C=O) groups excluding carboxylic acids is 1. The number of anilines is 1. The van der Waals surface area contributed by atoms with E-state index in [1.54, 1.807) is 0 Å². The molecule has 2 aromatic carbocycles. The van der Waals surface area contributed by atoms with E-state index in [-0.39, 0.29) is 18.3 Å². The summed E-state index contributed by atoms with van der Waals surface area (Å²) in [5.41, 5.74) is 1.20. The van der Waals surface area contributed by atoms with E-state index in [4.69, 9.17) is 4.74 Å². The van der Waals surface area contributed by atoms with Crippen LogP contribution in [0.15, 0.2) is 48.5 Å². The molecular weight excluding hydrogens is 333 g/mol. The normalized spacial score (nSPS) is 12.5. The minimum Gasteiger partial charge on any atom is -0.375 e. The summed E-state index contributed by atoms with van der Waals surface area (Å²) >= 11 is 0. The highest BCUT2D eigenvalue weighted by Gasteiger charge is 2.30. The van der Waals surface area contributed by atoms with Gasteiger partial charge in [-0.1, -0.05) is 30.3 Å². The van der Waals surface area contributed by atoms with Gasteiger partial charge in [-0.25, -0.2) is 4.79 Å². The molecule has 0 aliphatic rings. The summed E-state index contributed by atoms with van der Waals surface area (Å²) in [4.78, 5) is 12.0. The monoisotopic (exact) mass is 352 g/mol. The Morgan fingerprint density at radius 3 is 2.52 bits per heavy atom. The molecule has 0 aliphatic carbocycles. The zero-order chi connectivity index (χ0) is 18.4. The summed E-state index contributed by atoms with van der Waals surface area (Å²) in [5.74, 6) is 0. The number of hydrogen-bond donors (Lipinski definition) is 2. The fourth-order valence-electron chi connectivity index (χ4n) is 2.40. The topological polar surface area (TPSA) is 50.4 Å². The number of hydrogen-bond acceptors (Lipinski definition) is 2. The number of alkyl halides is 3. The molecule has 134 valence electrons. The number of nitrogens with one attached hydrogen (secondary N) is 2. The lowest BCUT2D eigenvalue weighted by Crippen LogP contribution is -2.33. The Hall–Kier alpha value is -2.54. The van der Waals surface area contributed by atoms with Gasteiger partial charge in [-0.15, -0.1) is 0 Å². The van der Waals surface area contributed by atoms with Gasteiger partial charge in [0, 0.05) is 19.3 Å². The molecule has 2 N–H and O–H groups in total. The molecule has 0 saturated carbocycles. The van der Waals surface area contributed by atoms with Gasteiger partial charge in [0.15, 0.2) is 0 Å². The van der Waals surface area contributed by atoms with Crippen molar-refractivity contribution in [2.75, 3.05) is 19.0 Å². The van der Waals surface area contributed by atoms with Crippen molar-refractivity contribution in [3.05, 3.63) is 65.2 Å². The van der Waals surface area contributed by atoms with E-state index >= 15 is 0 Å². The molecule has 0 fully saturated rings. The van der Waals surface area contributed by atoms with Gasteiger partial charge >= 0.3 is 12.2 Å². The minimum atomic E-state index is -4.46. The van der Waals surface area contributed by atoms with Crippen molar-refractivity contribution in [3.8, 4) is 0 Å². The molecule has 1 atom stereocenters. The maximum Gasteiger partial charge on any atom is 0.416 e. The number of aryl methyl sites for hydroxylation is 1. The zero-order valence-corrected chi connectivity index (χ0v) is 13.9. The molecule has 2 rings (SSSR count). The van der Waals surface area contributed by atoms with Crippen molar-refractivity contribution in [1.29, 1.82) is 0 Å². The van der Waals surface area contributed by atoms with E-state index in [0.29, 0.717) is 0 Å². The van der Waals surface area contributed by atoms with Gasteiger partial charge in [-0.05, 0) is 36.2 Å². The van der Waals surface area contributed by atoms with Crippen LogP contribution in [0.25, 0.3) is 0 Å². The number of rotatable bonds is 5. The summed E-state index contributed by atoms with van der Waals surface area (Å²) in [7, 11) is 1.53. The molecule has 0 spiro atoms. The lowest BCUT2D eigenvalue weighted by molar-refractivity contribution is -0.137. The Balaban J connectivity index is 1.97. The smallest absolute Gasteiger partial charge is 0.375 e. The van der Waals surface area contributed by atoms with Gasteiger partial charge in [0.05, 0.1) is 11.7 Å². The first kappa shape index (κ1) is 18.8. The number of halogens is 3. The van der Waals surface area contributed by atoms with Crippen LogP contribution < -0.4 is 10.6 Å². The van der Waals surface area contributed by atoms with E-state index in [2.05, 4.69) is 10.6 Å². The number of methoxy groups -OCH3 is 1. The summed E-state index contributed by atoms with van der Waals surface area (Å²) < 4.78 is 43.4. The standard InChI is InChI=1S/C18H19F3N2O2/c1-12-6-3-4-9-15(12)16(25-2)11-22-17(24)23-14-8-5-7-13(10-14)18(19,20)21/h3-10,16H,11H2,1-2H3,(H2,22,23,24)/t16-/m0/s1. The quantitative estimate of drug-likeness (QED) is 0.831. The molecule has 2 aromatic rings. The van der Waals surface area contributed by atoms with Crippen LogP contribution in [0.3, 0.4) is 0 Å². The van der Waals surface area contributed by atoms with Crippen molar-refractivity contribution in [2.24, 2.45) is 0 Å². The Kier molecular flexibility index (Phi) is 6.03. The molecule has 7 heteroatoms. The van der Waals surface area contributed by atoms with Gasteiger partial charge in [-0.3, -0.25) is 0 Å². The van der Waals surface area contributed by atoms with Crippen LogP contribution in [-0.2, 0) is 10.9 Å². The Morgan fingerprint density at radius 2 is 1.88 bits per heavy atom. The Morgan fingerprint density at radius 1 is 1.16 bits per heavy atom. The first-order chi connectivity index (χ1) is 11.8. The molecule has 0 bridgehead atoms. The first-order valence-electron chi connectivity index (χ1n) is 7.61. The second-order valence-electron chi connectivity index (χ2n) is 5.49. The maximum atomic E-state index is 12.7. The van der Waals surface area contributed by atoms with E-state index in [9.17, 15) is 18.0 Å². The molecule has 25 heavy (non-hydrogen) atoms. The third kappa shape index (κ3) is 5.22. The van der Waals surface area contributed by atoms with Crippen LogP contribution in [0.2, 0.25) is 0 Å². The molecule has 0 aliphatic heterocycles. The summed E-state index contributed by atoms with van der Waals surface area (Å²) in [6.45, 7) is 2.12. The third-order valence-electron chi connectivity index (χ3n) is 3.72. The lowest BCUT2D eigenvalue weighted by atomic mass is 10.0. The van der Waals surface area contributed by atoms with Crippen LogP contribution in [0.4, 0.5) is 23.7 Å². The molecule has 2 amide bonds. The van der Waals surface area contributed by atoms with Gasteiger partial charge in [0.2, 0.25) is 0 Å². The molecule has 0 saturated heterocycles. The van der Waals surface area contributed by atoms with Crippen molar-refractivity contribution >= 4 is 11.7 Å². The van der Waals surface area contributed by atoms with E-state index in [1.807, 2.05) is 31.2 Å². The van der Waals surface area contributed by atoms with Crippen molar-refractivity contribution < 1.29 is 22.7 Å². The van der Waals surface area contributed by atoms with E-state index < -0.39 is 17.8 Å². The average Bonchev–Trinajstić information content (AvgIpc) is 2.56. The van der Waals surface area contributed by atoms with Gasteiger partial charge < -0.3 is 15.4 Å². The lowest BCUT2D eigenvalue weighted by Gasteiger charge is -2.19. The molecule has 0 heterocycles. The van der Waals surface area contributed by atoms with E-state index in [1.165, 1.54) is 19.2 Å². The largest absolute Gasteiger partial charge is 0.416 e. The highest BCUT2D eigenvalue weighted by molar-refractivity contribution is 5.89. The SMILES string of the molecule is CO[C@@H](CNC(=O)Nc1cccc(C(F)(F)F)c1)c1ccccc1C. The summed E-state index contributed by atoms with van der Waals surface area (Å²) in [6, 6.07) is 11.5. The number of urea groups is 1. The van der Waals surface area contributed by atoms with E-state index in [0.717, 1.165) is 23.3 Å². The molecule has 0 unspecified atom stereocenters. The van der Waals surface area contributed by atoms with Crippen LogP contribution >= 0.6 is 0 Å². The van der Waals surface area contributed by atoms with Crippen LogP contribution in [0.5, 0.6) is 0 Å². The van der Waals surface area contributed by atoms with Gasteiger partial charge in [-0.2, -0.15) is 13.2 Å². The van der Waals surface area contributed by atoms with Gasteiger partial charge in [0.25, 0.3) is 0 Å². The number of benzene rings is 2. The predicted octanol–water partition coefficient (Wildman–Crippen LogP) is 4.52. The Labute approximate surface area is 144 Å². The average molecular weight is 352 g/mol. The highest BCUT2D eigenvalue weighted by atomic mass is 19.4.